The van der Waals surface area contributed by atoms with E-state index in [0.29, 0.717) is 0 Å². The summed E-state index contributed by atoms with van der Waals surface area (Å²) in [4.78, 5) is 13.1. The van der Waals surface area contributed by atoms with Crippen LogP contribution in [0.2, 0.25) is 0 Å². The van der Waals surface area contributed by atoms with Crippen LogP contribution >= 0.6 is 27.3 Å². The van der Waals surface area contributed by atoms with Gasteiger partial charge in [0.25, 0.3) is 0 Å². The van der Waals surface area contributed by atoms with Crippen LogP contribution in [0.25, 0.3) is 0 Å². The largest absolute Gasteiger partial charge is 0.345 e. The molecule has 1 atom stereocenters. The van der Waals surface area contributed by atoms with Crippen LogP contribution in [0.4, 0.5) is 0 Å². The maximum absolute atomic E-state index is 12.3. The van der Waals surface area contributed by atoms with Gasteiger partial charge in [0.15, 0.2) is 0 Å². The van der Waals surface area contributed by atoms with E-state index in [2.05, 4.69) is 21.2 Å². The molecule has 1 amide bonds. The third-order valence-corrected chi connectivity index (χ3v) is 4.62. The number of nitrogens with one attached hydrogen (secondary N) is 1. The monoisotopic (exact) mass is 352 g/mol. The van der Waals surface area contributed by atoms with E-state index < -0.39 is 11.6 Å². The van der Waals surface area contributed by atoms with Gasteiger partial charge in [0.2, 0.25) is 5.91 Å². The number of hydrogen-bond acceptors (Lipinski definition) is 3. The standard InChI is InChI=1S/C15H17BrN2OS/c1-15(2,10-5-7-11(16)8-6-10)18-14(19)13(17)12-4-3-9-20-12/h3-9,13H,17H2,1-2H3,(H,18,19). The molecule has 5 heteroatoms. The summed E-state index contributed by atoms with van der Waals surface area (Å²) in [6.07, 6.45) is 0. The Morgan fingerprint density at radius 1 is 1.30 bits per heavy atom. The van der Waals surface area contributed by atoms with E-state index in [9.17, 15) is 4.79 Å². The van der Waals surface area contributed by atoms with Gasteiger partial charge in [-0.2, -0.15) is 0 Å². The van der Waals surface area contributed by atoms with Crippen LogP contribution in [0.3, 0.4) is 0 Å². The first kappa shape index (κ1) is 15.2. The summed E-state index contributed by atoms with van der Waals surface area (Å²) in [7, 11) is 0. The maximum atomic E-state index is 12.3. The second kappa shape index (κ2) is 6.08. The van der Waals surface area contributed by atoms with Gasteiger partial charge in [-0.15, -0.1) is 11.3 Å². The first-order valence-electron chi connectivity index (χ1n) is 6.27. The summed E-state index contributed by atoms with van der Waals surface area (Å²) in [5.74, 6) is -0.166. The summed E-state index contributed by atoms with van der Waals surface area (Å²) < 4.78 is 1.01. The van der Waals surface area contributed by atoms with Crippen LogP contribution in [0.1, 0.15) is 30.3 Å². The molecule has 0 saturated carbocycles. The molecule has 0 fully saturated rings. The molecular weight excluding hydrogens is 336 g/mol. The van der Waals surface area contributed by atoms with Gasteiger partial charge in [0.1, 0.15) is 6.04 Å². The molecule has 20 heavy (non-hydrogen) atoms. The molecule has 0 spiro atoms. The first-order chi connectivity index (χ1) is 9.40. The normalized spacial score (nSPS) is 13.0. The number of benzene rings is 1. The van der Waals surface area contributed by atoms with Crippen LogP contribution in [-0.4, -0.2) is 5.91 Å². The third-order valence-electron chi connectivity index (χ3n) is 3.13. The fourth-order valence-electron chi connectivity index (χ4n) is 1.92. The lowest BCUT2D eigenvalue weighted by atomic mass is 9.94. The Kier molecular flexibility index (Phi) is 4.62. The first-order valence-corrected chi connectivity index (χ1v) is 7.94. The van der Waals surface area contributed by atoms with E-state index >= 15 is 0 Å². The van der Waals surface area contributed by atoms with Gasteiger partial charge in [0, 0.05) is 9.35 Å². The zero-order valence-electron chi connectivity index (χ0n) is 11.4. The van der Waals surface area contributed by atoms with Crippen LogP contribution in [0.5, 0.6) is 0 Å². The summed E-state index contributed by atoms with van der Waals surface area (Å²) in [5, 5.41) is 4.93. The number of thiophene rings is 1. The maximum Gasteiger partial charge on any atom is 0.243 e. The summed E-state index contributed by atoms with van der Waals surface area (Å²) >= 11 is 4.90. The van der Waals surface area contributed by atoms with Crippen molar-refractivity contribution in [1.82, 2.24) is 5.32 Å². The molecule has 0 bridgehead atoms. The molecule has 1 aromatic carbocycles. The Hall–Kier alpha value is -1.17. The molecule has 3 nitrogen and oxygen atoms in total. The Bertz CT molecular complexity index is 578. The van der Waals surface area contributed by atoms with E-state index in [4.69, 9.17) is 5.73 Å². The second-order valence-electron chi connectivity index (χ2n) is 5.11. The number of carbonyl (C=O) groups excluding carboxylic acids is 1. The molecule has 3 N–H and O–H groups in total. The molecule has 106 valence electrons. The van der Waals surface area contributed by atoms with Gasteiger partial charge in [-0.3, -0.25) is 4.79 Å². The van der Waals surface area contributed by atoms with Gasteiger partial charge in [-0.05, 0) is 43.0 Å². The second-order valence-corrected chi connectivity index (χ2v) is 7.01. The molecule has 0 aliphatic carbocycles. The molecule has 1 aromatic heterocycles. The van der Waals surface area contributed by atoms with Crippen LogP contribution < -0.4 is 11.1 Å². The minimum absolute atomic E-state index is 0.166. The minimum atomic E-state index is -0.621. The molecular formula is C15H17BrN2OS. The van der Waals surface area contributed by atoms with Crippen LogP contribution in [-0.2, 0) is 10.3 Å². The van der Waals surface area contributed by atoms with Crippen molar-refractivity contribution in [2.45, 2.75) is 25.4 Å². The number of halogens is 1. The van der Waals surface area contributed by atoms with E-state index in [-0.39, 0.29) is 5.91 Å². The highest BCUT2D eigenvalue weighted by atomic mass is 79.9. The summed E-state index contributed by atoms with van der Waals surface area (Å²) in [6.45, 7) is 3.94. The molecule has 0 aliphatic rings. The average molecular weight is 353 g/mol. The Labute approximate surface area is 131 Å². The summed E-state index contributed by atoms with van der Waals surface area (Å²) in [5.41, 5.74) is 6.55. The van der Waals surface area contributed by atoms with Gasteiger partial charge in [0.05, 0.1) is 5.54 Å². The number of carbonyl (C=O) groups is 1. The quantitative estimate of drug-likeness (QED) is 0.883. The van der Waals surface area contributed by atoms with Crippen molar-refractivity contribution in [3.05, 3.63) is 56.7 Å². The van der Waals surface area contributed by atoms with Gasteiger partial charge in [-0.25, -0.2) is 0 Å². The van der Waals surface area contributed by atoms with Crippen molar-refractivity contribution in [3.8, 4) is 0 Å². The summed E-state index contributed by atoms with van der Waals surface area (Å²) in [6, 6.07) is 11.0. The van der Waals surface area contributed by atoms with Crippen molar-refractivity contribution < 1.29 is 4.79 Å². The van der Waals surface area contributed by atoms with Crippen LogP contribution in [0.15, 0.2) is 46.3 Å². The molecule has 0 aliphatic heterocycles. The predicted octanol–water partition coefficient (Wildman–Crippen LogP) is 3.56. The van der Waals surface area contributed by atoms with E-state index in [1.54, 1.807) is 0 Å². The topological polar surface area (TPSA) is 55.1 Å². The van der Waals surface area contributed by atoms with Gasteiger partial charge < -0.3 is 11.1 Å². The molecule has 1 heterocycles. The van der Waals surface area contributed by atoms with Crippen LogP contribution in [0, 0.1) is 0 Å². The SMILES string of the molecule is CC(C)(NC(=O)C(N)c1cccs1)c1ccc(Br)cc1. The van der Waals surface area contributed by atoms with Crippen molar-refractivity contribution in [1.29, 1.82) is 0 Å². The Morgan fingerprint density at radius 3 is 2.50 bits per heavy atom. The van der Waals surface area contributed by atoms with Crippen molar-refractivity contribution in [2.75, 3.05) is 0 Å². The highest BCUT2D eigenvalue weighted by molar-refractivity contribution is 9.10. The smallest absolute Gasteiger partial charge is 0.243 e. The number of hydrogen-bond donors (Lipinski definition) is 2. The van der Waals surface area contributed by atoms with Crippen molar-refractivity contribution >= 4 is 33.2 Å². The van der Waals surface area contributed by atoms with Crippen molar-refractivity contribution in [2.24, 2.45) is 5.73 Å². The average Bonchev–Trinajstić information content (AvgIpc) is 2.91. The molecule has 2 rings (SSSR count). The minimum Gasteiger partial charge on any atom is -0.345 e. The third kappa shape index (κ3) is 3.48. The lowest BCUT2D eigenvalue weighted by Crippen LogP contribution is -2.45. The molecule has 2 aromatic rings. The number of rotatable bonds is 4. The van der Waals surface area contributed by atoms with Crippen molar-refractivity contribution in [3.63, 3.8) is 0 Å². The highest BCUT2D eigenvalue weighted by Crippen LogP contribution is 2.24. The van der Waals surface area contributed by atoms with E-state index in [0.717, 1.165) is 14.9 Å². The van der Waals surface area contributed by atoms with E-state index in [1.807, 2.05) is 55.6 Å². The molecule has 0 radical (unpaired) electrons. The van der Waals surface area contributed by atoms with Gasteiger partial charge >= 0.3 is 0 Å². The highest BCUT2D eigenvalue weighted by Gasteiger charge is 2.26. The fraction of sp³-hybridized carbons (Fsp3) is 0.267. The Morgan fingerprint density at radius 2 is 1.95 bits per heavy atom. The molecule has 0 saturated heterocycles. The number of nitrogens with two attached hydrogens (primary N) is 1. The van der Waals surface area contributed by atoms with Gasteiger partial charge in [-0.1, -0.05) is 34.1 Å². The zero-order chi connectivity index (χ0) is 14.8. The lowest BCUT2D eigenvalue weighted by Gasteiger charge is -2.28. The fourth-order valence-corrected chi connectivity index (χ4v) is 2.91. The molecule has 1 unspecified atom stereocenters. The zero-order valence-corrected chi connectivity index (χ0v) is 13.8. The van der Waals surface area contributed by atoms with E-state index in [1.165, 1.54) is 11.3 Å². The number of amides is 1. The predicted molar refractivity (Wildman–Crippen MR) is 86.6 cm³/mol. The lowest BCUT2D eigenvalue weighted by molar-refractivity contribution is -0.124. The Balaban J connectivity index is 2.11.